The van der Waals surface area contributed by atoms with E-state index in [1.807, 2.05) is 18.2 Å². The van der Waals surface area contributed by atoms with Crippen LogP contribution in [0.15, 0.2) is 42.5 Å². The van der Waals surface area contributed by atoms with Gasteiger partial charge >= 0.3 is 0 Å². The second-order valence-corrected chi connectivity index (χ2v) is 8.06. The van der Waals surface area contributed by atoms with E-state index in [9.17, 15) is 0 Å². The molecule has 148 valence electrons. The second-order valence-electron chi connectivity index (χ2n) is 7.25. The van der Waals surface area contributed by atoms with Crippen molar-refractivity contribution in [2.75, 3.05) is 26.2 Å². The monoisotopic (exact) mass is 418 g/mol. The molecule has 0 radical (unpaired) electrons. The molecule has 0 bridgehead atoms. The first-order valence-electron chi connectivity index (χ1n) is 9.50. The number of hydrogen-bond acceptors (Lipinski definition) is 4. The lowest BCUT2D eigenvalue weighted by Crippen LogP contribution is -2.41. The van der Waals surface area contributed by atoms with Crippen molar-refractivity contribution in [2.45, 2.75) is 25.9 Å². The lowest BCUT2D eigenvalue weighted by atomic mass is 10.1. The predicted molar refractivity (Wildman–Crippen MR) is 112 cm³/mol. The van der Waals surface area contributed by atoms with Gasteiger partial charge in [-0.1, -0.05) is 36.2 Å². The Bertz CT molecular complexity index is 830. The molecule has 2 aromatic rings. The standard InChI is InChI=1S/C22H24Cl2N2O2/c1-16(15-27-19-4-2-3-17(11-19)13-25)14-26-9-7-18(8-10-26)28-20-5-6-21(23)22(24)12-20/h2-6,11-12,16,18H,7-10,14-15H2,1H3/t16-/m0/s1. The molecule has 0 unspecified atom stereocenters. The SMILES string of the molecule is C[C@H](COc1cccc(C#N)c1)CN1CCC(Oc2ccc(Cl)c(Cl)c2)CC1. The third kappa shape index (κ3) is 6.04. The summed E-state index contributed by atoms with van der Waals surface area (Å²) in [4.78, 5) is 2.45. The van der Waals surface area contributed by atoms with E-state index in [1.54, 1.807) is 24.3 Å². The van der Waals surface area contributed by atoms with E-state index in [2.05, 4.69) is 17.9 Å². The zero-order chi connectivity index (χ0) is 19.9. The fraction of sp³-hybridized carbons (Fsp3) is 0.409. The maximum atomic E-state index is 8.96. The molecule has 2 aromatic carbocycles. The minimum Gasteiger partial charge on any atom is -0.493 e. The highest BCUT2D eigenvalue weighted by atomic mass is 35.5. The number of ether oxygens (including phenoxy) is 2. The Morgan fingerprint density at radius 3 is 2.61 bits per heavy atom. The zero-order valence-corrected chi connectivity index (χ0v) is 17.4. The summed E-state index contributed by atoms with van der Waals surface area (Å²) in [6.45, 7) is 5.80. The van der Waals surface area contributed by atoms with E-state index < -0.39 is 0 Å². The molecule has 1 saturated heterocycles. The molecule has 4 nitrogen and oxygen atoms in total. The average molecular weight is 419 g/mol. The van der Waals surface area contributed by atoms with E-state index in [0.29, 0.717) is 28.1 Å². The lowest BCUT2D eigenvalue weighted by molar-refractivity contribution is 0.0862. The van der Waals surface area contributed by atoms with Crippen molar-refractivity contribution in [3.05, 3.63) is 58.1 Å². The summed E-state index contributed by atoms with van der Waals surface area (Å²) < 4.78 is 11.9. The number of halogens is 2. The number of likely N-dealkylation sites (tertiary alicyclic amines) is 1. The molecule has 1 aliphatic heterocycles. The van der Waals surface area contributed by atoms with E-state index in [4.69, 9.17) is 37.9 Å². The molecule has 3 rings (SSSR count). The summed E-state index contributed by atoms with van der Waals surface area (Å²) in [6, 6.07) is 14.8. The van der Waals surface area contributed by atoms with Crippen LogP contribution in [0.2, 0.25) is 10.0 Å². The molecule has 1 fully saturated rings. The third-order valence-corrected chi connectivity index (χ3v) is 5.53. The zero-order valence-electron chi connectivity index (χ0n) is 15.9. The Labute approximate surface area is 176 Å². The first-order chi connectivity index (χ1) is 13.5. The van der Waals surface area contributed by atoms with Crippen molar-refractivity contribution in [1.82, 2.24) is 4.90 Å². The van der Waals surface area contributed by atoms with E-state index >= 15 is 0 Å². The average Bonchev–Trinajstić information content (AvgIpc) is 2.71. The molecule has 0 saturated carbocycles. The van der Waals surface area contributed by atoms with Crippen LogP contribution in [0, 0.1) is 17.2 Å². The maximum absolute atomic E-state index is 8.96. The molecule has 0 spiro atoms. The summed E-state index contributed by atoms with van der Waals surface area (Å²) >= 11 is 12.0. The quantitative estimate of drug-likeness (QED) is 0.601. The molecule has 1 aliphatic rings. The Balaban J connectivity index is 1.39. The normalized spacial score (nSPS) is 16.4. The van der Waals surface area contributed by atoms with Gasteiger partial charge < -0.3 is 14.4 Å². The number of piperidine rings is 1. The van der Waals surface area contributed by atoms with Gasteiger partial charge in [0.25, 0.3) is 0 Å². The van der Waals surface area contributed by atoms with Crippen LogP contribution >= 0.6 is 23.2 Å². The molecular weight excluding hydrogens is 395 g/mol. The number of nitriles is 1. The van der Waals surface area contributed by atoms with E-state index in [0.717, 1.165) is 44.0 Å². The van der Waals surface area contributed by atoms with Crippen molar-refractivity contribution >= 4 is 23.2 Å². The van der Waals surface area contributed by atoms with Gasteiger partial charge in [-0.2, -0.15) is 5.26 Å². The van der Waals surface area contributed by atoms with Crippen LogP contribution in [-0.4, -0.2) is 37.2 Å². The fourth-order valence-electron chi connectivity index (χ4n) is 3.34. The van der Waals surface area contributed by atoms with E-state index in [-0.39, 0.29) is 6.10 Å². The summed E-state index contributed by atoms with van der Waals surface area (Å²) in [5.74, 6) is 1.92. The van der Waals surface area contributed by atoms with Crippen molar-refractivity contribution in [3.8, 4) is 17.6 Å². The maximum Gasteiger partial charge on any atom is 0.121 e. The highest BCUT2D eigenvalue weighted by Crippen LogP contribution is 2.28. The number of benzene rings is 2. The summed E-state index contributed by atoms with van der Waals surface area (Å²) in [5.41, 5.74) is 0.620. The second kappa shape index (κ2) is 10.0. The van der Waals surface area contributed by atoms with Crippen molar-refractivity contribution in [1.29, 1.82) is 5.26 Å². The van der Waals surface area contributed by atoms with E-state index in [1.165, 1.54) is 0 Å². The first kappa shape index (κ1) is 20.8. The molecule has 0 amide bonds. The Morgan fingerprint density at radius 2 is 1.89 bits per heavy atom. The molecule has 0 N–H and O–H groups in total. The van der Waals surface area contributed by atoms with Crippen LogP contribution in [-0.2, 0) is 0 Å². The molecule has 1 heterocycles. The van der Waals surface area contributed by atoms with Crippen LogP contribution in [0.5, 0.6) is 11.5 Å². The molecule has 28 heavy (non-hydrogen) atoms. The summed E-state index contributed by atoms with van der Waals surface area (Å²) in [6.07, 6.45) is 2.17. The molecule has 0 aliphatic carbocycles. The first-order valence-corrected chi connectivity index (χ1v) is 10.3. The largest absolute Gasteiger partial charge is 0.493 e. The van der Waals surface area contributed by atoms with Gasteiger partial charge in [0.05, 0.1) is 28.3 Å². The van der Waals surface area contributed by atoms with Gasteiger partial charge in [-0.05, 0) is 43.2 Å². The van der Waals surface area contributed by atoms with Gasteiger partial charge in [0.2, 0.25) is 0 Å². The third-order valence-electron chi connectivity index (χ3n) is 4.80. The lowest BCUT2D eigenvalue weighted by Gasteiger charge is -2.33. The minimum atomic E-state index is 0.203. The molecule has 6 heteroatoms. The summed E-state index contributed by atoms with van der Waals surface area (Å²) in [5, 5.41) is 10.0. The topological polar surface area (TPSA) is 45.5 Å². The van der Waals surface area contributed by atoms with Crippen LogP contribution in [0.25, 0.3) is 0 Å². The van der Waals surface area contributed by atoms with Crippen LogP contribution in [0.3, 0.4) is 0 Å². The molecule has 1 atom stereocenters. The molecule has 0 aromatic heterocycles. The highest BCUT2D eigenvalue weighted by Gasteiger charge is 2.22. The van der Waals surface area contributed by atoms with Crippen LogP contribution in [0.1, 0.15) is 25.3 Å². The Kier molecular flexibility index (Phi) is 7.44. The number of nitrogens with zero attached hydrogens (tertiary/aromatic N) is 2. The number of rotatable bonds is 7. The number of hydrogen-bond donors (Lipinski definition) is 0. The van der Waals surface area contributed by atoms with Crippen molar-refractivity contribution in [2.24, 2.45) is 5.92 Å². The van der Waals surface area contributed by atoms with Crippen molar-refractivity contribution in [3.63, 3.8) is 0 Å². The molecular formula is C22H24Cl2N2O2. The van der Waals surface area contributed by atoms with Gasteiger partial charge in [0.1, 0.15) is 17.6 Å². The fourth-order valence-corrected chi connectivity index (χ4v) is 3.63. The Morgan fingerprint density at radius 1 is 1.11 bits per heavy atom. The van der Waals surface area contributed by atoms with Crippen LogP contribution in [0.4, 0.5) is 0 Å². The Hall–Kier alpha value is -1.93. The smallest absolute Gasteiger partial charge is 0.121 e. The van der Waals surface area contributed by atoms with Crippen LogP contribution < -0.4 is 9.47 Å². The minimum absolute atomic E-state index is 0.203. The van der Waals surface area contributed by atoms with Gasteiger partial charge in [-0.15, -0.1) is 0 Å². The van der Waals surface area contributed by atoms with Crippen molar-refractivity contribution < 1.29 is 9.47 Å². The van der Waals surface area contributed by atoms with Gasteiger partial charge in [-0.3, -0.25) is 0 Å². The summed E-state index contributed by atoms with van der Waals surface area (Å²) in [7, 11) is 0. The predicted octanol–water partition coefficient (Wildman–Crippen LogP) is 5.42. The van der Waals surface area contributed by atoms with Gasteiger partial charge in [-0.25, -0.2) is 0 Å². The van der Waals surface area contributed by atoms with Gasteiger partial charge in [0.15, 0.2) is 0 Å². The van der Waals surface area contributed by atoms with Gasteiger partial charge in [0, 0.05) is 31.6 Å². The highest BCUT2D eigenvalue weighted by molar-refractivity contribution is 6.42.